The molecule has 0 amide bonds. The van der Waals surface area contributed by atoms with E-state index in [0.717, 1.165) is 5.56 Å². The molecular formula is C20H25NO2. The summed E-state index contributed by atoms with van der Waals surface area (Å²) in [6.07, 6.45) is 0.198. The number of carbonyl (C=O) groups is 1. The van der Waals surface area contributed by atoms with Crippen molar-refractivity contribution in [2.75, 3.05) is 6.61 Å². The van der Waals surface area contributed by atoms with Crippen molar-refractivity contribution in [2.24, 2.45) is 5.73 Å². The van der Waals surface area contributed by atoms with Gasteiger partial charge in [0.15, 0.2) is 0 Å². The summed E-state index contributed by atoms with van der Waals surface area (Å²) in [4.78, 5) is 11.7. The zero-order chi connectivity index (χ0) is 17.0. The third-order valence-electron chi connectivity index (χ3n) is 4.13. The molecule has 2 aromatic rings. The van der Waals surface area contributed by atoms with E-state index >= 15 is 0 Å². The van der Waals surface area contributed by atoms with Crippen LogP contribution >= 0.6 is 0 Å². The van der Waals surface area contributed by atoms with E-state index in [-0.39, 0.29) is 18.4 Å². The van der Waals surface area contributed by atoms with Gasteiger partial charge in [-0.05, 0) is 67.1 Å². The molecule has 0 bridgehead atoms. The van der Waals surface area contributed by atoms with E-state index in [2.05, 4.69) is 51.1 Å². The van der Waals surface area contributed by atoms with Crippen molar-refractivity contribution in [3.63, 3.8) is 0 Å². The summed E-state index contributed by atoms with van der Waals surface area (Å²) in [5.41, 5.74) is 13.3. The molecule has 0 heterocycles. The fraction of sp³-hybridized carbons (Fsp3) is 0.350. The van der Waals surface area contributed by atoms with Crippen LogP contribution in [-0.2, 0) is 9.53 Å². The number of benzene rings is 2. The first-order valence-corrected chi connectivity index (χ1v) is 8.02. The van der Waals surface area contributed by atoms with Gasteiger partial charge in [0, 0.05) is 6.04 Å². The molecule has 2 N–H and O–H groups in total. The van der Waals surface area contributed by atoms with E-state index in [0.29, 0.717) is 6.61 Å². The van der Waals surface area contributed by atoms with Crippen molar-refractivity contribution in [2.45, 2.75) is 40.2 Å². The van der Waals surface area contributed by atoms with Crippen LogP contribution in [-0.4, -0.2) is 12.6 Å². The van der Waals surface area contributed by atoms with Crippen molar-refractivity contribution >= 4 is 5.97 Å². The molecule has 0 radical (unpaired) electrons. The van der Waals surface area contributed by atoms with Gasteiger partial charge < -0.3 is 10.5 Å². The molecule has 0 saturated heterocycles. The molecule has 3 nitrogen and oxygen atoms in total. The Morgan fingerprint density at radius 1 is 1.09 bits per heavy atom. The number of hydrogen-bond donors (Lipinski definition) is 1. The third-order valence-corrected chi connectivity index (χ3v) is 4.13. The molecule has 0 aromatic heterocycles. The second kappa shape index (κ2) is 7.42. The van der Waals surface area contributed by atoms with Gasteiger partial charge in [0.2, 0.25) is 0 Å². The van der Waals surface area contributed by atoms with Gasteiger partial charge in [0.25, 0.3) is 0 Å². The molecule has 0 aliphatic heterocycles. The van der Waals surface area contributed by atoms with Gasteiger partial charge in [-0.3, -0.25) is 4.79 Å². The first-order valence-electron chi connectivity index (χ1n) is 8.02. The Balaban J connectivity index is 2.38. The van der Waals surface area contributed by atoms with E-state index in [1.807, 2.05) is 6.07 Å². The van der Waals surface area contributed by atoms with Gasteiger partial charge in [-0.25, -0.2) is 0 Å². The van der Waals surface area contributed by atoms with Crippen molar-refractivity contribution in [3.05, 3.63) is 58.7 Å². The number of nitrogens with two attached hydrogens (primary N) is 1. The van der Waals surface area contributed by atoms with Crippen LogP contribution in [0, 0.1) is 20.8 Å². The molecule has 122 valence electrons. The zero-order valence-electron chi connectivity index (χ0n) is 14.3. The highest BCUT2D eigenvalue weighted by Gasteiger charge is 2.15. The lowest BCUT2D eigenvalue weighted by atomic mass is 9.90. The Labute approximate surface area is 138 Å². The van der Waals surface area contributed by atoms with Crippen molar-refractivity contribution in [1.29, 1.82) is 0 Å². The predicted octanol–water partition coefficient (Wildman–Crippen LogP) is 4.23. The highest BCUT2D eigenvalue weighted by Crippen LogP contribution is 2.32. The van der Waals surface area contributed by atoms with Gasteiger partial charge in [-0.2, -0.15) is 0 Å². The lowest BCUT2D eigenvalue weighted by Gasteiger charge is -2.17. The van der Waals surface area contributed by atoms with Crippen LogP contribution in [0.3, 0.4) is 0 Å². The van der Waals surface area contributed by atoms with Crippen molar-refractivity contribution in [3.8, 4) is 11.1 Å². The monoisotopic (exact) mass is 311 g/mol. The lowest BCUT2D eigenvalue weighted by molar-refractivity contribution is -0.143. The minimum Gasteiger partial charge on any atom is -0.466 e. The number of carbonyl (C=O) groups excluding carboxylic acids is 1. The molecule has 2 aromatic carbocycles. The summed E-state index contributed by atoms with van der Waals surface area (Å²) in [5.74, 6) is -0.255. The van der Waals surface area contributed by atoms with Crippen LogP contribution in [0.2, 0.25) is 0 Å². The molecular weight excluding hydrogens is 286 g/mol. The topological polar surface area (TPSA) is 52.3 Å². The summed E-state index contributed by atoms with van der Waals surface area (Å²) < 4.78 is 4.99. The molecule has 3 heteroatoms. The second-order valence-corrected chi connectivity index (χ2v) is 5.96. The van der Waals surface area contributed by atoms with Crippen LogP contribution in [0.1, 0.15) is 41.6 Å². The highest BCUT2D eigenvalue weighted by atomic mass is 16.5. The minimum atomic E-state index is -0.349. The minimum absolute atomic E-state index is 0.198. The first-order chi connectivity index (χ1) is 10.9. The Kier molecular flexibility index (Phi) is 5.56. The molecule has 0 saturated carbocycles. The maximum absolute atomic E-state index is 11.7. The van der Waals surface area contributed by atoms with Gasteiger partial charge in [0.05, 0.1) is 13.0 Å². The van der Waals surface area contributed by atoms with E-state index in [1.165, 1.54) is 27.8 Å². The summed E-state index contributed by atoms with van der Waals surface area (Å²) in [5, 5.41) is 0. The molecule has 0 fully saturated rings. The molecule has 23 heavy (non-hydrogen) atoms. The van der Waals surface area contributed by atoms with Gasteiger partial charge in [0.1, 0.15) is 0 Å². The summed E-state index contributed by atoms with van der Waals surface area (Å²) in [7, 11) is 0. The molecule has 1 atom stereocenters. The Bertz CT molecular complexity index is 687. The van der Waals surface area contributed by atoms with Crippen molar-refractivity contribution < 1.29 is 9.53 Å². The largest absolute Gasteiger partial charge is 0.466 e. The maximum Gasteiger partial charge on any atom is 0.307 e. The number of rotatable bonds is 5. The SMILES string of the molecule is CCOC(=O)CC(N)c1ccc(C)c(-c2c(C)cccc2C)c1. The summed E-state index contributed by atoms with van der Waals surface area (Å²) >= 11 is 0. The smallest absolute Gasteiger partial charge is 0.307 e. The van der Waals surface area contributed by atoms with E-state index in [4.69, 9.17) is 10.5 Å². The molecule has 1 unspecified atom stereocenters. The number of ether oxygens (including phenoxy) is 1. The summed E-state index contributed by atoms with van der Waals surface area (Å²) in [6.45, 7) is 8.52. The predicted molar refractivity (Wildman–Crippen MR) is 94.3 cm³/mol. The molecule has 0 spiro atoms. The van der Waals surface area contributed by atoms with Crippen LogP contribution in [0.4, 0.5) is 0 Å². The Morgan fingerprint density at radius 2 is 1.74 bits per heavy atom. The van der Waals surface area contributed by atoms with Gasteiger partial charge >= 0.3 is 5.97 Å². The second-order valence-electron chi connectivity index (χ2n) is 5.96. The lowest BCUT2D eigenvalue weighted by Crippen LogP contribution is -2.17. The van der Waals surface area contributed by atoms with E-state index in [1.54, 1.807) is 6.92 Å². The number of hydrogen-bond acceptors (Lipinski definition) is 3. The van der Waals surface area contributed by atoms with E-state index in [9.17, 15) is 4.79 Å². The highest BCUT2D eigenvalue weighted by molar-refractivity contribution is 5.75. The van der Waals surface area contributed by atoms with Crippen LogP contribution in [0.15, 0.2) is 36.4 Å². The molecule has 2 rings (SSSR count). The molecule has 0 aliphatic carbocycles. The zero-order valence-corrected chi connectivity index (χ0v) is 14.3. The first kappa shape index (κ1) is 17.2. The maximum atomic E-state index is 11.7. The van der Waals surface area contributed by atoms with Gasteiger partial charge in [-0.15, -0.1) is 0 Å². The molecule has 0 aliphatic rings. The standard InChI is InChI=1S/C20H25NO2/c1-5-23-19(22)12-18(21)16-10-9-13(2)17(11-16)20-14(3)7-6-8-15(20)4/h6-11,18H,5,12,21H2,1-4H3. The number of aryl methyl sites for hydroxylation is 3. The average molecular weight is 311 g/mol. The van der Waals surface area contributed by atoms with E-state index < -0.39 is 0 Å². The third kappa shape index (κ3) is 3.99. The Morgan fingerprint density at radius 3 is 2.35 bits per heavy atom. The fourth-order valence-corrected chi connectivity index (χ4v) is 2.90. The normalized spacial score (nSPS) is 12.0. The van der Waals surface area contributed by atoms with Crippen LogP contribution in [0.5, 0.6) is 0 Å². The average Bonchev–Trinajstić information content (AvgIpc) is 2.49. The number of esters is 1. The van der Waals surface area contributed by atoms with Crippen molar-refractivity contribution in [1.82, 2.24) is 0 Å². The quantitative estimate of drug-likeness (QED) is 0.841. The fourth-order valence-electron chi connectivity index (χ4n) is 2.90. The van der Waals surface area contributed by atoms with Gasteiger partial charge in [-0.1, -0.05) is 30.3 Å². The van der Waals surface area contributed by atoms with Crippen LogP contribution < -0.4 is 5.73 Å². The Hall–Kier alpha value is -2.13. The summed E-state index contributed by atoms with van der Waals surface area (Å²) in [6, 6.07) is 12.1. The van der Waals surface area contributed by atoms with Crippen LogP contribution in [0.25, 0.3) is 11.1 Å².